The van der Waals surface area contributed by atoms with Gasteiger partial charge < -0.3 is 14.0 Å². The Morgan fingerprint density at radius 1 is 0.514 bits per heavy atom. The zero-order valence-electron chi connectivity index (χ0n) is 40.8. The monoisotopic (exact) mass is 928 g/mol. The number of para-hydroxylation sites is 4. The maximum atomic E-state index is 5.80. The Bertz CT molecular complexity index is 3680. The van der Waals surface area contributed by atoms with Crippen LogP contribution in [0.3, 0.4) is 0 Å². The molecule has 0 N–H and O–H groups in total. The third-order valence-corrected chi connectivity index (χ3v) is 14.3. The minimum Gasteiger partial charge on any atom is -0.333 e. The number of anilines is 1. The van der Waals surface area contributed by atoms with Crippen molar-refractivity contribution in [3.05, 3.63) is 272 Å². The Hall–Kier alpha value is -8.73. The smallest absolute Gasteiger partial charge is 0.0887 e. The topological polar surface area (TPSA) is 25.5 Å². The summed E-state index contributed by atoms with van der Waals surface area (Å²) in [5.74, 6) is 0. The molecule has 348 valence electrons. The molecule has 0 spiro atoms. The van der Waals surface area contributed by atoms with Gasteiger partial charge in [0.15, 0.2) is 0 Å². The van der Waals surface area contributed by atoms with Crippen molar-refractivity contribution in [2.75, 3.05) is 4.90 Å². The van der Waals surface area contributed by atoms with Gasteiger partial charge in [0, 0.05) is 44.2 Å². The van der Waals surface area contributed by atoms with E-state index in [4.69, 9.17) is 4.99 Å². The SMILES string of the molecule is CC/C=C(\C(=NC(CC)c1ccccc1)c1ccccc1)N(c1cc(-c2ccc3c4ccccc4n(-c4ccccc4)c3c2)cc(-c2ccc3c4ccccc4n(-c4ccccc4)c3c2)c1)C1C=CC=CC1. The number of aromatic nitrogens is 2. The van der Waals surface area contributed by atoms with Gasteiger partial charge in [-0.2, -0.15) is 0 Å². The van der Waals surface area contributed by atoms with Gasteiger partial charge in [-0.3, -0.25) is 4.99 Å². The normalized spacial score (nSPS) is 14.4. The summed E-state index contributed by atoms with van der Waals surface area (Å²) in [4.78, 5) is 8.38. The fourth-order valence-electron chi connectivity index (χ4n) is 11.0. The Labute approximate surface area is 422 Å². The molecule has 2 aromatic heterocycles. The summed E-state index contributed by atoms with van der Waals surface area (Å²) in [7, 11) is 0. The van der Waals surface area contributed by atoms with Crippen LogP contribution in [-0.4, -0.2) is 20.9 Å². The molecule has 0 bridgehead atoms. The highest BCUT2D eigenvalue weighted by molar-refractivity contribution is 6.15. The van der Waals surface area contributed by atoms with Crippen molar-refractivity contribution in [1.29, 1.82) is 0 Å². The quantitative estimate of drug-likeness (QED) is 0.106. The summed E-state index contributed by atoms with van der Waals surface area (Å²) in [6, 6.07) is 82.0. The van der Waals surface area contributed by atoms with Crippen LogP contribution >= 0.6 is 0 Å². The first-order valence-electron chi connectivity index (χ1n) is 25.5. The maximum Gasteiger partial charge on any atom is 0.0887 e. The first-order chi connectivity index (χ1) is 35.6. The number of aliphatic imine (C=N–C) groups is 1. The van der Waals surface area contributed by atoms with E-state index in [-0.39, 0.29) is 12.1 Å². The first-order valence-corrected chi connectivity index (χ1v) is 25.5. The average Bonchev–Trinajstić information content (AvgIpc) is 3.97. The molecule has 0 radical (unpaired) electrons. The lowest BCUT2D eigenvalue weighted by Gasteiger charge is -2.36. The lowest BCUT2D eigenvalue weighted by Crippen LogP contribution is -2.37. The minimum atomic E-state index is -0.0293. The highest BCUT2D eigenvalue weighted by Crippen LogP contribution is 2.42. The molecular formula is C68H56N4. The van der Waals surface area contributed by atoms with Crippen molar-refractivity contribution in [3.63, 3.8) is 0 Å². The number of rotatable bonds is 13. The summed E-state index contributed by atoms with van der Waals surface area (Å²) in [5.41, 5.74) is 17.1. The van der Waals surface area contributed by atoms with Gasteiger partial charge in [0.1, 0.15) is 0 Å². The molecule has 11 aromatic rings. The highest BCUT2D eigenvalue weighted by atomic mass is 15.2. The predicted molar refractivity (Wildman–Crippen MR) is 306 cm³/mol. The van der Waals surface area contributed by atoms with E-state index in [1.807, 2.05) is 0 Å². The number of hydrogen-bond acceptors (Lipinski definition) is 2. The molecule has 2 unspecified atom stereocenters. The molecule has 0 fully saturated rings. The molecule has 4 nitrogen and oxygen atoms in total. The molecule has 0 saturated heterocycles. The summed E-state index contributed by atoms with van der Waals surface area (Å²) in [6.07, 6.45) is 14.0. The Morgan fingerprint density at radius 3 is 1.53 bits per heavy atom. The maximum absolute atomic E-state index is 5.80. The van der Waals surface area contributed by atoms with Gasteiger partial charge in [0.25, 0.3) is 0 Å². The largest absolute Gasteiger partial charge is 0.333 e. The Morgan fingerprint density at radius 2 is 1.01 bits per heavy atom. The number of hydrogen-bond donors (Lipinski definition) is 0. The lowest BCUT2D eigenvalue weighted by molar-refractivity contribution is 0.698. The molecule has 1 aliphatic carbocycles. The van der Waals surface area contributed by atoms with E-state index in [0.29, 0.717) is 0 Å². The van der Waals surface area contributed by atoms with Gasteiger partial charge >= 0.3 is 0 Å². The fraction of sp³-hybridized carbons (Fsp3) is 0.103. The van der Waals surface area contributed by atoms with Gasteiger partial charge in [0.2, 0.25) is 0 Å². The minimum absolute atomic E-state index is 0.0211. The van der Waals surface area contributed by atoms with Gasteiger partial charge in [-0.15, -0.1) is 0 Å². The van der Waals surface area contributed by atoms with Gasteiger partial charge in [0.05, 0.1) is 45.6 Å². The van der Waals surface area contributed by atoms with Gasteiger partial charge in [-0.05, 0) is 114 Å². The number of fused-ring (bicyclic) bond motifs is 6. The number of benzene rings is 9. The first kappa shape index (κ1) is 44.5. The molecule has 2 atom stereocenters. The third kappa shape index (κ3) is 8.25. The molecule has 2 heterocycles. The van der Waals surface area contributed by atoms with Crippen molar-refractivity contribution in [1.82, 2.24) is 9.13 Å². The van der Waals surface area contributed by atoms with Crippen LogP contribution in [0.25, 0.3) is 77.2 Å². The molecule has 72 heavy (non-hydrogen) atoms. The van der Waals surface area contributed by atoms with Crippen LogP contribution in [0, 0.1) is 0 Å². The van der Waals surface area contributed by atoms with Crippen LogP contribution in [-0.2, 0) is 0 Å². The molecule has 0 amide bonds. The van der Waals surface area contributed by atoms with E-state index in [2.05, 4.69) is 283 Å². The second-order valence-corrected chi connectivity index (χ2v) is 18.8. The molecule has 0 aliphatic heterocycles. The number of allylic oxidation sites excluding steroid dienone is 4. The van der Waals surface area contributed by atoms with Crippen molar-refractivity contribution < 1.29 is 0 Å². The van der Waals surface area contributed by atoms with E-state index in [1.54, 1.807) is 0 Å². The van der Waals surface area contributed by atoms with E-state index < -0.39 is 0 Å². The standard InChI is InChI=1S/C68H56N4/c1-3-24-65(68(49-27-12-6-13-28-49)69-62(4-2)48-25-10-5-11-26-48)70(54-29-14-7-15-30-54)57-44-52(50-39-41-60-58-35-20-22-37-63(58)71(66(60)46-50)55-31-16-8-17-32-55)43-53(45-57)51-40-42-61-59-36-21-23-38-64(59)72(67(61)47-51)56-33-18-9-19-34-56/h5-29,31-47,54,62H,3-4,30H2,1-2H3/b65-24+,69-68?. The molecular weight excluding hydrogens is 873 g/mol. The summed E-state index contributed by atoms with van der Waals surface area (Å²) < 4.78 is 4.84. The second kappa shape index (κ2) is 19.6. The van der Waals surface area contributed by atoms with Gasteiger partial charge in [-0.1, -0.05) is 202 Å². The van der Waals surface area contributed by atoms with Crippen LogP contribution < -0.4 is 4.90 Å². The van der Waals surface area contributed by atoms with Crippen LogP contribution in [0.4, 0.5) is 5.69 Å². The summed E-state index contributed by atoms with van der Waals surface area (Å²) >= 11 is 0. The highest BCUT2D eigenvalue weighted by Gasteiger charge is 2.28. The number of nitrogens with zero attached hydrogens (tertiary/aromatic N) is 4. The predicted octanol–water partition coefficient (Wildman–Crippen LogP) is 17.8. The summed E-state index contributed by atoms with van der Waals surface area (Å²) in [5, 5.41) is 4.95. The molecule has 9 aromatic carbocycles. The van der Waals surface area contributed by atoms with Crippen LogP contribution in [0.1, 0.15) is 50.3 Å². The van der Waals surface area contributed by atoms with Crippen LogP contribution in [0.5, 0.6) is 0 Å². The van der Waals surface area contributed by atoms with Crippen LogP contribution in [0.15, 0.2) is 266 Å². The van der Waals surface area contributed by atoms with E-state index in [1.165, 1.54) is 49.2 Å². The van der Waals surface area contributed by atoms with Crippen molar-refractivity contribution >= 4 is 55.0 Å². The van der Waals surface area contributed by atoms with E-state index in [0.717, 1.165) is 75.6 Å². The fourth-order valence-corrected chi connectivity index (χ4v) is 11.0. The van der Waals surface area contributed by atoms with Crippen molar-refractivity contribution in [3.8, 4) is 33.6 Å². The van der Waals surface area contributed by atoms with Gasteiger partial charge in [-0.25, -0.2) is 0 Å². The van der Waals surface area contributed by atoms with E-state index >= 15 is 0 Å². The third-order valence-electron chi connectivity index (χ3n) is 14.3. The zero-order valence-corrected chi connectivity index (χ0v) is 40.8. The van der Waals surface area contributed by atoms with Crippen molar-refractivity contribution in [2.24, 2.45) is 4.99 Å². The summed E-state index contributed by atoms with van der Waals surface area (Å²) in [6.45, 7) is 4.49. The average molecular weight is 929 g/mol. The Kier molecular flexibility index (Phi) is 12.1. The zero-order chi connectivity index (χ0) is 48.4. The molecule has 1 aliphatic rings. The van der Waals surface area contributed by atoms with Crippen molar-refractivity contribution in [2.45, 2.75) is 45.2 Å². The Balaban J connectivity index is 1.13. The van der Waals surface area contributed by atoms with E-state index in [9.17, 15) is 0 Å². The second-order valence-electron chi connectivity index (χ2n) is 18.8. The lowest BCUT2D eigenvalue weighted by atomic mass is 9.94. The molecule has 0 saturated carbocycles. The van der Waals surface area contributed by atoms with Crippen LogP contribution in [0.2, 0.25) is 0 Å². The molecule has 4 heteroatoms. The molecule has 12 rings (SSSR count).